The van der Waals surface area contributed by atoms with Gasteiger partial charge < -0.3 is 24.8 Å². The molecule has 112 valence electrons. The van der Waals surface area contributed by atoms with Crippen LogP contribution in [0.2, 0.25) is 0 Å². The highest BCUT2D eigenvalue weighted by Crippen LogP contribution is 2.32. The highest BCUT2D eigenvalue weighted by molar-refractivity contribution is 5.91. The minimum atomic E-state index is -0.137. The minimum Gasteiger partial charge on any atom is -0.454 e. The van der Waals surface area contributed by atoms with Gasteiger partial charge in [0.25, 0.3) is 0 Å². The van der Waals surface area contributed by atoms with Crippen molar-refractivity contribution in [1.29, 1.82) is 0 Å². The molecular weight excluding hydrogens is 272 g/mol. The molecule has 2 heterocycles. The van der Waals surface area contributed by atoms with Crippen molar-refractivity contribution in [1.82, 2.24) is 10.6 Å². The second-order valence-corrected chi connectivity index (χ2v) is 4.89. The van der Waals surface area contributed by atoms with Gasteiger partial charge in [-0.1, -0.05) is 6.07 Å². The predicted molar refractivity (Wildman–Crippen MR) is 77.2 cm³/mol. The summed E-state index contributed by atoms with van der Waals surface area (Å²) < 4.78 is 16.0. The Bertz CT molecular complexity index is 538. The lowest BCUT2D eigenvalue weighted by molar-refractivity contribution is -0.117. The lowest BCUT2D eigenvalue weighted by Gasteiger charge is -2.23. The van der Waals surface area contributed by atoms with Gasteiger partial charge in [-0.25, -0.2) is 0 Å². The van der Waals surface area contributed by atoms with Crippen LogP contribution in [0.5, 0.6) is 11.5 Å². The van der Waals surface area contributed by atoms with E-state index in [1.165, 1.54) is 6.08 Å². The summed E-state index contributed by atoms with van der Waals surface area (Å²) in [5.41, 5.74) is 0.894. The summed E-state index contributed by atoms with van der Waals surface area (Å²) in [5, 5.41) is 6.05. The molecule has 1 amide bonds. The molecule has 0 radical (unpaired) electrons. The lowest BCUT2D eigenvalue weighted by Crippen LogP contribution is -2.44. The van der Waals surface area contributed by atoms with Crippen molar-refractivity contribution >= 4 is 12.0 Å². The van der Waals surface area contributed by atoms with E-state index in [0.717, 1.165) is 24.4 Å². The molecule has 0 spiro atoms. The number of carbonyl (C=O) groups excluding carboxylic acids is 1. The summed E-state index contributed by atoms with van der Waals surface area (Å²) in [6.07, 6.45) is 3.30. The van der Waals surface area contributed by atoms with E-state index in [4.69, 9.17) is 14.2 Å². The SMILES string of the molecule is O=C(/C=C/c1ccc2c(c1)OCO2)NCC1CNCCO1. The first-order chi connectivity index (χ1) is 10.3. The van der Waals surface area contributed by atoms with Gasteiger partial charge in [0.2, 0.25) is 12.7 Å². The molecule has 1 aromatic carbocycles. The van der Waals surface area contributed by atoms with Gasteiger partial charge >= 0.3 is 0 Å². The summed E-state index contributed by atoms with van der Waals surface area (Å²) in [4.78, 5) is 11.8. The van der Waals surface area contributed by atoms with Gasteiger partial charge in [0.05, 0.1) is 12.7 Å². The van der Waals surface area contributed by atoms with Crippen molar-refractivity contribution < 1.29 is 19.0 Å². The number of ether oxygens (including phenoxy) is 3. The topological polar surface area (TPSA) is 68.8 Å². The first-order valence-corrected chi connectivity index (χ1v) is 6.99. The number of fused-ring (bicyclic) bond motifs is 1. The maximum Gasteiger partial charge on any atom is 0.244 e. The number of amides is 1. The highest BCUT2D eigenvalue weighted by Gasteiger charge is 2.14. The standard InChI is InChI=1S/C15H18N2O4/c18-15(17-9-12-8-16-5-6-19-12)4-2-11-1-3-13-14(7-11)21-10-20-13/h1-4,7,12,16H,5-6,8-10H2,(H,17,18)/b4-2+. The van der Waals surface area contributed by atoms with Crippen LogP contribution >= 0.6 is 0 Å². The first kappa shape index (κ1) is 13.9. The number of carbonyl (C=O) groups is 1. The maximum atomic E-state index is 11.8. The Kier molecular flexibility index (Phi) is 4.37. The zero-order chi connectivity index (χ0) is 14.5. The summed E-state index contributed by atoms with van der Waals surface area (Å²) in [6, 6.07) is 5.56. The summed E-state index contributed by atoms with van der Waals surface area (Å²) in [6.45, 7) is 3.09. The number of morpholine rings is 1. The van der Waals surface area contributed by atoms with Gasteiger partial charge in [0.15, 0.2) is 11.5 Å². The number of rotatable bonds is 4. The fourth-order valence-corrected chi connectivity index (χ4v) is 2.21. The van der Waals surface area contributed by atoms with Gasteiger partial charge in [-0.3, -0.25) is 4.79 Å². The van der Waals surface area contributed by atoms with Gasteiger partial charge in [-0.05, 0) is 23.8 Å². The number of hydrogen-bond donors (Lipinski definition) is 2. The van der Waals surface area contributed by atoms with E-state index >= 15 is 0 Å². The van der Waals surface area contributed by atoms with Crippen LogP contribution in [0.1, 0.15) is 5.56 Å². The normalized spacial score (nSPS) is 20.7. The molecule has 6 heteroatoms. The van der Waals surface area contributed by atoms with E-state index in [-0.39, 0.29) is 18.8 Å². The van der Waals surface area contributed by atoms with Crippen molar-refractivity contribution in [3.05, 3.63) is 29.8 Å². The van der Waals surface area contributed by atoms with E-state index in [0.29, 0.717) is 18.9 Å². The highest BCUT2D eigenvalue weighted by atomic mass is 16.7. The second-order valence-electron chi connectivity index (χ2n) is 4.89. The Hall–Kier alpha value is -2.05. The van der Waals surface area contributed by atoms with Gasteiger partial charge in [-0.2, -0.15) is 0 Å². The van der Waals surface area contributed by atoms with Crippen molar-refractivity contribution in [3.8, 4) is 11.5 Å². The van der Waals surface area contributed by atoms with Crippen LogP contribution in [0, 0.1) is 0 Å². The zero-order valence-electron chi connectivity index (χ0n) is 11.6. The largest absolute Gasteiger partial charge is 0.454 e. The number of benzene rings is 1. The monoisotopic (exact) mass is 290 g/mol. The van der Waals surface area contributed by atoms with Crippen LogP contribution in [0.4, 0.5) is 0 Å². The zero-order valence-corrected chi connectivity index (χ0v) is 11.6. The van der Waals surface area contributed by atoms with Crippen molar-refractivity contribution in [2.45, 2.75) is 6.10 Å². The molecule has 1 aromatic rings. The van der Waals surface area contributed by atoms with E-state index in [1.807, 2.05) is 18.2 Å². The molecule has 21 heavy (non-hydrogen) atoms. The van der Waals surface area contributed by atoms with E-state index in [1.54, 1.807) is 6.08 Å². The maximum absolute atomic E-state index is 11.8. The van der Waals surface area contributed by atoms with Crippen molar-refractivity contribution in [2.75, 3.05) is 33.0 Å². The van der Waals surface area contributed by atoms with E-state index < -0.39 is 0 Å². The smallest absolute Gasteiger partial charge is 0.244 e. The van der Waals surface area contributed by atoms with Crippen LogP contribution in [-0.4, -0.2) is 45.0 Å². The molecule has 0 bridgehead atoms. The average molecular weight is 290 g/mol. The van der Waals surface area contributed by atoms with Crippen LogP contribution < -0.4 is 20.1 Å². The van der Waals surface area contributed by atoms with Gasteiger partial charge in [0, 0.05) is 25.7 Å². The third-order valence-corrected chi connectivity index (χ3v) is 3.33. The Morgan fingerprint density at radius 2 is 2.29 bits per heavy atom. The van der Waals surface area contributed by atoms with Crippen molar-refractivity contribution in [2.24, 2.45) is 0 Å². The quantitative estimate of drug-likeness (QED) is 0.792. The molecule has 1 atom stereocenters. The van der Waals surface area contributed by atoms with Crippen LogP contribution in [0.3, 0.4) is 0 Å². The van der Waals surface area contributed by atoms with Crippen LogP contribution in [0.15, 0.2) is 24.3 Å². The molecule has 1 saturated heterocycles. The second kappa shape index (κ2) is 6.60. The van der Waals surface area contributed by atoms with E-state index in [9.17, 15) is 4.79 Å². The molecule has 2 aliphatic rings. The lowest BCUT2D eigenvalue weighted by atomic mass is 10.2. The fourth-order valence-electron chi connectivity index (χ4n) is 2.21. The van der Waals surface area contributed by atoms with Crippen LogP contribution in [-0.2, 0) is 9.53 Å². The number of hydrogen-bond acceptors (Lipinski definition) is 5. The summed E-state index contributed by atoms with van der Waals surface area (Å²) >= 11 is 0. The Labute approximate surface area is 123 Å². The predicted octanol–water partition coefficient (Wildman–Crippen LogP) is 0.533. The summed E-state index contributed by atoms with van der Waals surface area (Å²) in [7, 11) is 0. The molecule has 3 rings (SSSR count). The molecule has 1 fully saturated rings. The number of nitrogens with one attached hydrogen (secondary N) is 2. The van der Waals surface area contributed by atoms with Crippen LogP contribution in [0.25, 0.3) is 6.08 Å². The van der Waals surface area contributed by atoms with E-state index in [2.05, 4.69) is 10.6 Å². The third-order valence-electron chi connectivity index (χ3n) is 3.33. The molecule has 2 N–H and O–H groups in total. The minimum absolute atomic E-state index is 0.0432. The molecule has 1 unspecified atom stereocenters. The average Bonchev–Trinajstić information content (AvgIpc) is 2.99. The Morgan fingerprint density at radius 1 is 1.38 bits per heavy atom. The molecule has 0 saturated carbocycles. The molecule has 6 nitrogen and oxygen atoms in total. The molecule has 0 aliphatic carbocycles. The molecule has 2 aliphatic heterocycles. The Morgan fingerprint density at radius 3 is 3.14 bits per heavy atom. The molecule has 0 aromatic heterocycles. The van der Waals surface area contributed by atoms with Gasteiger partial charge in [0.1, 0.15) is 0 Å². The Balaban J connectivity index is 1.49. The third kappa shape index (κ3) is 3.74. The fraction of sp³-hybridized carbons (Fsp3) is 0.400. The summed E-state index contributed by atoms with van der Waals surface area (Å²) in [5.74, 6) is 1.31. The first-order valence-electron chi connectivity index (χ1n) is 6.99. The van der Waals surface area contributed by atoms with Crippen molar-refractivity contribution in [3.63, 3.8) is 0 Å². The molecular formula is C15H18N2O4. The van der Waals surface area contributed by atoms with Gasteiger partial charge in [-0.15, -0.1) is 0 Å².